The summed E-state index contributed by atoms with van der Waals surface area (Å²) >= 11 is 0. The summed E-state index contributed by atoms with van der Waals surface area (Å²) in [6, 6.07) is 12.1. The van der Waals surface area contributed by atoms with Gasteiger partial charge in [0.25, 0.3) is 5.91 Å². The van der Waals surface area contributed by atoms with Crippen molar-refractivity contribution >= 4 is 24.0 Å². The minimum Gasteiger partial charge on any atom is -0.321 e. The molecule has 0 unspecified atom stereocenters. The maximum atomic E-state index is 11.8. The number of benzene rings is 1. The molecule has 1 aromatic carbocycles. The molecule has 0 fully saturated rings. The largest absolute Gasteiger partial charge is 0.321 e. The van der Waals surface area contributed by atoms with Crippen LogP contribution in [0.5, 0.6) is 0 Å². The van der Waals surface area contributed by atoms with Crippen LogP contribution < -0.4 is 5.32 Å². The Hall–Kier alpha value is -2.38. The Morgan fingerprint density at radius 3 is 2.50 bits per heavy atom. The highest BCUT2D eigenvalue weighted by molar-refractivity contribution is 6.04. The molecule has 0 bridgehead atoms. The number of nitrogens with one attached hydrogen (secondary N) is 1. The molecule has 0 aliphatic carbocycles. The van der Waals surface area contributed by atoms with Gasteiger partial charge in [-0.1, -0.05) is 12.1 Å². The lowest BCUT2D eigenvalue weighted by molar-refractivity contribution is 0.102. The van der Waals surface area contributed by atoms with Gasteiger partial charge >= 0.3 is 0 Å². The standard InChI is InChI=1S/C13H9N3O.ClH/c14-9-11-3-1-2-4-12(11)16-13(17)10-5-7-15-8-6-10;/h1-8H,(H,16,17);1H. The number of para-hydroxylation sites is 1. The molecule has 0 spiro atoms. The lowest BCUT2D eigenvalue weighted by atomic mass is 10.2. The van der Waals surface area contributed by atoms with E-state index in [9.17, 15) is 4.79 Å². The summed E-state index contributed by atoms with van der Waals surface area (Å²) in [7, 11) is 0. The number of hydrogen-bond donors (Lipinski definition) is 1. The summed E-state index contributed by atoms with van der Waals surface area (Å²) in [5, 5.41) is 11.6. The fourth-order valence-electron chi connectivity index (χ4n) is 1.39. The summed E-state index contributed by atoms with van der Waals surface area (Å²) in [6.45, 7) is 0. The van der Waals surface area contributed by atoms with E-state index in [0.29, 0.717) is 16.8 Å². The first-order chi connectivity index (χ1) is 8.31. The van der Waals surface area contributed by atoms with Gasteiger partial charge in [0.05, 0.1) is 11.3 Å². The number of nitrogens with zero attached hydrogens (tertiary/aromatic N) is 2. The van der Waals surface area contributed by atoms with Crippen LogP contribution in [0, 0.1) is 11.3 Å². The number of hydrogen-bond acceptors (Lipinski definition) is 3. The number of rotatable bonds is 2. The normalized spacial score (nSPS) is 8.83. The average molecular weight is 260 g/mol. The number of nitriles is 1. The molecule has 5 heteroatoms. The Bertz CT molecular complexity index is 578. The maximum absolute atomic E-state index is 11.8. The zero-order chi connectivity index (χ0) is 12.1. The molecule has 0 radical (unpaired) electrons. The number of amides is 1. The third-order valence-corrected chi connectivity index (χ3v) is 2.24. The summed E-state index contributed by atoms with van der Waals surface area (Å²) in [6.07, 6.45) is 3.09. The predicted molar refractivity (Wildman–Crippen MR) is 70.6 cm³/mol. The van der Waals surface area contributed by atoms with Crippen LogP contribution in [-0.2, 0) is 0 Å². The Labute approximate surface area is 111 Å². The zero-order valence-corrected chi connectivity index (χ0v) is 10.1. The van der Waals surface area contributed by atoms with Gasteiger partial charge in [-0.15, -0.1) is 12.4 Å². The van der Waals surface area contributed by atoms with E-state index in [2.05, 4.69) is 10.3 Å². The van der Waals surface area contributed by atoms with Crippen LogP contribution in [0.15, 0.2) is 48.8 Å². The second-order valence-electron chi connectivity index (χ2n) is 3.35. The highest BCUT2D eigenvalue weighted by Crippen LogP contribution is 2.14. The first-order valence-electron chi connectivity index (χ1n) is 5.02. The SMILES string of the molecule is Cl.N#Cc1ccccc1NC(=O)c1ccncc1. The van der Waals surface area contributed by atoms with Crippen LogP contribution in [0.3, 0.4) is 0 Å². The summed E-state index contributed by atoms with van der Waals surface area (Å²) in [5.41, 5.74) is 1.46. The molecule has 1 N–H and O–H groups in total. The van der Waals surface area contributed by atoms with Gasteiger partial charge < -0.3 is 5.32 Å². The van der Waals surface area contributed by atoms with Crippen molar-refractivity contribution in [3.8, 4) is 6.07 Å². The van der Waals surface area contributed by atoms with E-state index in [1.54, 1.807) is 48.8 Å². The smallest absolute Gasteiger partial charge is 0.255 e. The molecule has 0 aliphatic heterocycles. The first-order valence-corrected chi connectivity index (χ1v) is 5.02. The van der Waals surface area contributed by atoms with E-state index in [1.807, 2.05) is 6.07 Å². The number of aromatic nitrogens is 1. The lowest BCUT2D eigenvalue weighted by Crippen LogP contribution is -2.12. The molecule has 0 saturated carbocycles. The minimum atomic E-state index is -0.255. The lowest BCUT2D eigenvalue weighted by Gasteiger charge is -2.06. The zero-order valence-electron chi connectivity index (χ0n) is 9.33. The predicted octanol–water partition coefficient (Wildman–Crippen LogP) is 2.63. The molecule has 0 saturated heterocycles. The highest BCUT2D eigenvalue weighted by Gasteiger charge is 2.07. The fourth-order valence-corrected chi connectivity index (χ4v) is 1.39. The highest BCUT2D eigenvalue weighted by atomic mass is 35.5. The quantitative estimate of drug-likeness (QED) is 0.902. The van der Waals surface area contributed by atoms with Gasteiger partial charge in [-0.3, -0.25) is 9.78 Å². The van der Waals surface area contributed by atoms with Gasteiger partial charge in [-0.25, -0.2) is 0 Å². The van der Waals surface area contributed by atoms with E-state index in [4.69, 9.17) is 5.26 Å². The second-order valence-corrected chi connectivity index (χ2v) is 3.35. The van der Waals surface area contributed by atoms with Gasteiger partial charge in [-0.05, 0) is 24.3 Å². The van der Waals surface area contributed by atoms with Crippen LogP contribution in [0.25, 0.3) is 0 Å². The van der Waals surface area contributed by atoms with Crippen molar-refractivity contribution in [3.63, 3.8) is 0 Å². The number of pyridine rings is 1. The van der Waals surface area contributed by atoms with Crippen molar-refractivity contribution in [2.45, 2.75) is 0 Å². The van der Waals surface area contributed by atoms with Gasteiger partial charge in [0.1, 0.15) is 6.07 Å². The topological polar surface area (TPSA) is 65.8 Å². The molecule has 2 rings (SSSR count). The summed E-state index contributed by atoms with van der Waals surface area (Å²) in [5.74, 6) is -0.255. The molecule has 2 aromatic rings. The molecule has 1 aromatic heterocycles. The molecule has 90 valence electrons. The Morgan fingerprint density at radius 1 is 1.17 bits per heavy atom. The number of halogens is 1. The van der Waals surface area contributed by atoms with Crippen LogP contribution in [0.1, 0.15) is 15.9 Å². The van der Waals surface area contributed by atoms with E-state index in [1.165, 1.54) is 0 Å². The molecule has 0 atom stereocenters. The van der Waals surface area contributed by atoms with E-state index < -0.39 is 0 Å². The Morgan fingerprint density at radius 2 is 1.83 bits per heavy atom. The molecule has 18 heavy (non-hydrogen) atoms. The molecule has 4 nitrogen and oxygen atoms in total. The van der Waals surface area contributed by atoms with Crippen molar-refractivity contribution in [2.75, 3.05) is 5.32 Å². The molecule has 1 heterocycles. The molecular formula is C13H10ClN3O. The average Bonchev–Trinajstić information content (AvgIpc) is 2.40. The molecule has 1 amide bonds. The summed E-state index contributed by atoms with van der Waals surface area (Å²) < 4.78 is 0. The van der Waals surface area contributed by atoms with E-state index in [0.717, 1.165) is 0 Å². The molecule has 0 aliphatic rings. The van der Waals surface area contributed by atoms with Crippen molar-refractivity contribution < 1.29 is 4.79 Å². The third-order valence-electron chi connectivity index (χ3n) is 2.24. The number of carbonyl (C=O) groups is 1. The van der Waals surface area contributed by atoms with Crippen molar-refractivity contribution in [1.29, 1.82) is 5.26 Å². The van der Waals surface area contributed by atoms with Gasteiger partial charge in [0.15, 0.2) is 0 Å². The van der Waals surface area contributed by atoms with E-state index >= 15 is 0 Å². The minimum absolute atomic E-state index is 0. The monoisotopic (exact) mass is 259 g/mol. The number of carbonyl (C=O) groups excluding carboxylic acids is 1. The fraction of sp³-hybridized carbons (Fsp3) is 0. The van der Waals surface area contributed by atoms with Crippen LogP contribution in [-0.4, -0.2) is 10.9 Å². The summed E-state index contributed by atoms with van der Waals surface area (Å²) in [4.78, 5) is 15.7. The second kappa shape index (κ2) is 6.38. The van der Waals surface area contributed by atoms with Crippen molar-refractivity contribution in [3.05, 3.63) is 59.9 Å². The van der Waals surface area contributed by atoms with E-state index in [-0.39, 0.29) is 18.3 Å². The first kappa shape index (κ1) is 13.7. The Balaban J connectivity index is 0.00000162. The maximum Gasteiger partial charge on any atom is 0.255 e. The van der Waals surface area contributed by atoms with Crippen LogP contribution >= 0.6 is 12.4 Å². The Kier molecular flexibility index (Phi) is 4.85. The van der Waals surface area contributed by atoms with Gasteiger partial charge in [-0.2, -0.15) is 5.26 Å². The van der Waals surface area contributed by atoms with Gasteiger partial charge in [0.2, 0.25) is 0 Å². The molecular weight excluding hydrogens is 250 g/mol. The third kappa shape index (κ3) is 3.06. The van der Waals surface area contributed by atoms with Crippen molar-refractivity contribution in [1.82, 2.24) is 4.98 Å². The number of anilines is 1. The van der Waals surface area contributed by atoms with Gasteiger partial charge in [0, 0.05) is 18.0 Å². The van der Waals surface area contributed by atoms with Crippen LogP contribution in [0.4, 0.5) is 5.69 Å². The van der Waals surface area contributed by atoms with Crippen molar-refractivity contribution in [2.24, 2.45) is 0 Å². The van der Waals surface area contributed by atoms with Crippen LogP contribution in [0.2, 0.25) is 0 Å².